The third-order valence-corrected chi connectivity index (χ3v) is 3.08. The summed E-state index contributed by atoms with van der Waals surface area (Å²) in [5, 5.41) is 9.81. The SMILES string of the molecule is Cc1n[nH]c(C)c1NC(=O)c1ccc(CN(C)C)cc1. The number of benzene rings is 1. The van der Waals surface area contributed by atoms with Crippen molar-refractivity contribution >= 4 is 11.6 Å². The summed E-state index contributed by atoms with van der Waals surface area (Å²) in [5.74, 6) is -0.117. The van der Waals surface area contributed by atoms with Gasteiger partial charge >= 0.3 is 0 Å². The molecule has 0 aliphatic heterocycles. The highest BCUT2D eigenvalue weighted by Gasteiger charge is 2.11. The van der Waals surface area contributed by atoms with Gasteiger partial charge in [-0.25, -0.2) is 0 Å². The summed E-state index contributed by atoms with van der Waals surface area (Å²) in [6.07, 6.45) is 0. The van der Waals surface area contributed by atoms with Gasteiger partial charge in [-0.05, 0) is 45.6 Å². The van der Waals surface area contributed by atoms with E-state index in [-0.39, 0.29) is 5.91 Å². The second-order valence-electron chi connectivity index (χ2n) is 5.20. The van der Waals surface area contributed by atoms with Gasteiger partial charge in [0.15, 0.2) is 0 Å². The molecule has 5 nitrogen and oxygen atoms in total. The molecule has 1 aromatic carbocycles. The first-order chi connectivity index (χ1) is 9.47. The highest BCUT2D eigenvalue weighted by atomic mass is 16.1. The number of nitrogens with one attached hydrogen (secondary N) is 2. The van der Waals surface area contributed by atoms with E-state index < -0.39 is 0 Å². The first-order valence-electron chi connectivity index (χ1n) is 6.54. The standard InChI is InChI=1S/C15H20N4O/c1-10-14(11(2)18-17-10)16-15(20)13-7-5-12(6-8-13)9-19(3)4/h5-8H,9H2,1-4H3,(H,16,20)(H,17,18). The van der Waals surface area contributed by atoms with Crippen LogP contribution in [0.25, 0.3) is 0 Å². The van der Waals surface area contributed by atoms with Crippen LogP contribution in [-0.4, -0.2) is 35.1 Å². The minimum Gasteiger partial charge on any atom is -0.319 e. The summed E-state index contributed by atoms with van der Waals surface area (Å²) in [5.41, 5.74) is 4.24. The molecule has 0 saturated carbocycles. The van der Waals surface area contributed by atoms with Gasteiger partial charge in [0.1, 0.15) is 0 Å². The number of aryl methyl sites for hydroxylation is 2. The zero-order valence-corrected chi connectivity index (χ0v) is 12.3. The Morgan fingerprint density at radius 3 is 2.40 bits per heavy atom. The zero-order valence-electron chi connectivity index (χ0n) is 12.3. The van der Waals surface area contributed by atoms with E-state index in [4.69, 9.17) is 0 Å². The van der Waals surface area contributed by atoms with E-state index >= 15 is 0 Å². The number of carbonyl (C=O) groups is 1. The van der Waals surface area contributed by atoms with Crippen molar-refractivity contribution in [2.24, 2.45) is 0 Å². The van der Waals surface area contributed by atoms with Gasteiger partial charge in [0, 0.05) is 12.1 Å². The number of nitrogens with zero attached hydrogens (tertiary/aromatic N) is 2. The molecule has 0 bridgehead atoms. The van der Waals surface area contributed by atoms with Crippen LogP contribution < -0.4 is 5.32 Å². The molecule has 0 saturated heterocycles. The summed E-state index contributed by atoms with van der Waals surface area (Å²) in [7, 11) is 4.04. The molecule has 1 aromatic heterocycles. The third kappa shape index (κ3) is 3.24. The normalized spacial score (nSPS) is 10.8. The molecule has 2 aromatic rings. The lowest BCUT2D eigenvalue weighted by molar-refractivity contribution is 0.102. The molecule has 0 aliphatic carbocycles. The molecule has 2 N–H and O–H groups in total. The van der Waals surface area contributed by atoms with Crippen molar-refractivity contribution in [1.29, 1.82) is 0 Å². The van der Waals surface area contributed by atoms with E-state index in [0.29, 0.717) is 5.56 Å². The van der Waals surface area contributed by atoms with E-state index in [2.05, 4.69) is 20.4 Å². The van der Waals surface area contributed by atoms with Gasteiger partial charge in [0.25, 0.3) is 5.91 Å². The Kier molecular flexibility index (Phi) is 4.20. The average molecular weight is 272 g/mol. The number of anilines is 1. The van der Waals surface area contributed by atoms with Crippen LogP contribution in [0.15, 0.2) is 24.3 Å². The molecule has 20 heavy (non-hydrogen) atoms. The van der Waals surface area contributed by atoms with Gasteiger partial charge in [-0.3, -0.25) is 9.89 Å². The monoisotopic (exact) mass is 272 g/mol. The number of hydrogen-bond acceptors (Lipinski definition) is 3. The Morgan fingerprint density at radius 2 is 1.90 bits per heavy atom. The van der Waals surface area contributed by atoms with Crippen LogP contribution in [0.4, 0.5) is 5.69 Å². The molecule has 1 heterocycles. The lowest BCUT2D eigenvalue weighted by Gasteiger charge is -2.10. The van der Waals surface area contributed by atoms with Crippen molar-refractivity contribution in [3.63, 3.8) is 0 Å². The molecule has 0 atom stereocenters. The molecule has 0 spiro atoms. The molecule has 0 unspecified atom stereocenters. The van der Waals surface area contributed by atoms with Crippen LogP contribution in [0.5, 0.6) is 0 Å². The molecule has 1 amide bonds. The van der Waals surface area contributed by atoms with Crippen LogP contribution in [0, 0.1) is 13.8 Å². The van der Waals surface area contributed by atoms with Gasteiger partial charge in [0.05, 0.1) is 17.1 Å². The molecule has 5 heteroatoms. The smallest absolute Gasteiger partial charge is 0.255 e. The summed E-state index contributed by atoms with van der Waals surface area (Å²) in [6.45, 7) is 4.61. The minimum absolute atomic E-state index is 0.117. The third-order valence-electron chi connectivity index (χ3n) is 3.08. The molecule has 0 fully saturated rings. The van der Waals surface area contributed by atoms with E-state index in [1.807, 2.05) is 52.2 Å². The van der Waals surface area contributed by atoms with Crippen LogP contribution in [0.1, 0.15) is 27.3 Å². The summed E-state index contributed by atoms with van der Waals surface area (Å²) >= 11 is 0. The Balaban J connectivity index is 2.10. The second kappa shape index (κ2) is 5.88. The average Bonchev–Trinajstić information content (AvgIpc) is 2.70. The molecular formula is C15H20N4O. The fourth-order valence-corrected chi connectivity index (χ4v) is 2.05. The molecule has 0 aliphatic rings. The maximum atomic E-state index is 12.2. The number of amides is 1. The molecule has 0 radical (unpaired) electrons. The first-order valence-corrected chi connectivity index (χ1v) is 6.54. The predicted molar refractivity (Wildman–Crippen MR) is 79.8 cm³/mol. The second-order valence-corrected chi connectivity index (χ2v) is 5.20. The van der Waals surface area contributed by atoms with Crippen LogP contribution in [-0.2, 0) is 6.54 Å². The van der Waals surface area contributed by atoms with Crippen molar-refractivity contribution in [3.05, 3.63) is 46.8 Å². The number of hydrogen-bond donors (Lipinski definition) is 2. The first kappa shape index (κ1) is 14.3. The topological polar surface area (TPSA) is 61.0 Å². The zero-order chi connectivity index (χ0) is 14.7. The van der Waals surface area contributed by atoms with E-state index in [9.17, 15) is 4.79 Å². The van der Waals surface area contributed by atoms with Crippen molar-refractivity contribution in [1.82, 2.24) is 15.1 Å². The lowest BCUT2D eigenvalue weighted by atomic mass is 10.1. The molecule has 2 rings (SSSR count). The lowest BCUT2D eigenvalue weighted by Crippen LogP contribution is -2.14. The van der Waals surface area contributed by atoms with Crippen molar-refractivity contribution < 1.29 is 4.79 Å². The van der Waals surface area contributed by atoms with Gasteiger partial charge in [0.2, 0.25) is 0 Å². The molecular weight excluding hydrogens is 252 g/mol. The summed E-state index contributed by atoms with van der Waals surface area (Å²) in [4.78, 5) is 14.3. The van der Waals surface area contributed by atoms with Gasteiger partial charge < -0.3 is 10.2 Å². The summed E-state index contributed by atoms with van der Waals surface area (Å²) in [6, 6.07) is 7.64. The minimum atomic E-state index is -0.117. The van der Waals surface area contributed by atoms with Crippen LogP contribution in [0.2, 0.25) is 0 Å². The van der Waals surface area contributed by atoms with Gasteiger partial charge in [-0.15, -0.1) is 0 Å². The van der Waals surface area contributed by atoms with E-state index in [0.717, 1.165) is 23.6 Å². The Bertz CT molecular complexity index is 579. The number of aromatic nitrogens is 2. The molecule has 106 valence electrons. The van der Waals surface area contributed by atoms with Crippen LogP contribution >= 0.6 is 0 Å². The van der Waals surface area contributed by atoms with E-state index in [1.54, 1.807) is 0 Å². The van der Waals surface area contributed by atoms with Gasteiger partial charge in [-0.2, -0.15) is 5.10 Å². The number of rotatable bonds is 4. The quantitative estimate of drug-likeness (QED) is 0.898. The Labute approximate surface area is 119 Å². The Hall–Kier alpha value is -2.14. The maximum Gasteiger partial charge on any atom is 0.255 e. The highest BCUT2D eigenvalue weighted by Crippen LogP contribution is 2.17. The predicted octanol–water partition coefficient (Wildman–Crippen LogP) is 2.34. The largest absolute Gasteiger partial charge is 0.319 e. The van der Waals surface area contributed by atoms with Crippen LogP contribution in [0.3, 0.4) is 0 Å². The van der Waals surface area contributed by atoms with Crippen molar-refractivity contribution in [2.45, 2.75) is 20.4 Å². The van der Waals surface area contributed by atoms with Crippen molar-refractivity contribution in [2.75, 3.05) is 19.4 Å². The Morgan fingerprint density at radius 1 is 1.25 bits per heavy atom. The fourth-order valence-electron chi connectivity index (χ4n) is 2.05. The number of H-pyrrole nitrogens is 1. The van der Waals surface area contributed by atoms with Crippen molar-refractivity contribution in [3.8, 4) is 0 Å². The number of carbonyl (C=O) groups excluding carboxylic acids is 1. The maximum absolute atomic E-state index is 12.2. The van der Waals surface area contributed by atoms with Gasteiger partial charge in [-0.1, -0.05) is 12.1 Å². The number of aromatic amines is 1. The highest BCUT2D eigenvalue weighted by molar-refractivity contribution is 6.04. The summed E-state index contributed by atoms with van der Waals surface area (Å²) < 4.78 is 0. The van der Waals surface area contributed by atoms with E-state index in [1.165, 1.54) is 5.56 Å². The fraction of sp³-hybridized carbons (Fsp3) is 0.333.